The minimum Gasteiger partial charge on any atom is -0.481 e. The van der Waals surface area contributed by atoms with E-state index < -0.39 is 5.97 Å². The first-order chi connectivity index (χ1) is 19.4. The number of rotatable bonds is 5. The van der Waals surface area contributed by atoms with Gasteiger partial charge in [0.05, 0.1) is 41.1 Å². The first kappa shape index (κ1) is 26.0. The highest BCUT2D eigenvalue weighted by molar-refractivity contribution is 6.34. The molecule has 0 spiro atoms. The van der Waals surface area contributed by atoms with Crippen LogP contribution >= 0.6 is 11.6 Å². The zero-order chi connectivity index (χ0) is 27.5. The van der Waals surface area contributed by atoms with Crippen molar-refractivity contribution in [1.29, 1.82) is 0 Å². The van der Waals surface area contributed by atoms with Crippen molar-refractivity contribution >= 4 is 35.0 Å². The quantitative estimate of drug-likeness (QED) is 0.571. The number of fused-ring (bicyclic) bond motifs is 2. The predicted octanol–water partition coefficient (Wildman–Crippen LogP) is 4.58. The summed E-state index contributed by atoms with van der Waals surface area (Å²) in [4.78, 5) is 41.4. The summed E-state index contributed by atoms with van der Waals surface area (Å²) in [6.07, 6.45) is 7.52. The average Bonchev–Trinajstić information content (AvgIpc) is 3.40. The van der Waals surface area contributed by atoms with E-state index >= 15 is 0 Å². The Bertz CT molecular complexity index is 1410. The maximum atomic E-state index is 14.2. The lowest BCUT2D eigenvalue weighted by Gasteiger charge is -2.28. The van der Waals surface area contributed by atoms with Crippen LogP contribution in [0.15, 0.2) is 24.3 Å². The standard InChI is InChI=1S/C31H34ClN3O5/c32-25-3-1-2-23(17-4-5-17)27(25)30(37)35-26-12-20(29(36)34-13-21-15-40-16-22(21)14-34)10-11-24(26)28(33-35)18-6-8-19(9-7-18)31(38)39/h1-3,6,17,19-22H,4-5,7-16H2,(H,38,39)/t19?,20?,21-,22+. The Balaban J connectivity index is 1.24. The normalized spacial score (nSPS) is 27.7. The van der Waals surface area contributed by atoms with Crippen LogP contribution < -0.4 is 0 Å². The molecule has 9 heteroatoms. The van der Waals surface area contributed by atoms with Crippen molar-refractivity contribution in [3.05, 3.63) is 57.4 Å². The Labute approximate surface area is 238 Å². The number of nitrogens with zero attached hydrogens (tertiary/aromatic N) is 3. The molecule has 2 saturated heterocycles. The lowest BCUT2D eigenvalue weighted by molar-refractivity contribution is -0.142. The van der Waals surface area contributed by atoms with Gasteiger partial charge < -0.3 is 14.7 Å². The summed E-state index contributed by atoms with van der Waals surface area (Å²) < 4.78 is 7.12. The molecule has 7 rings (SSSR count). The van der Waals surface area contributed by atoms with E-state index in [0.717, 1.165) is 67.2 Å². The van der Waals surface area contributed by atoms with E-state index in [1.165, 1.54) is 4.68 Å². The predicted molar refractivity (Wildman–Crippen MR) is 148 cm³/mol. The van der Waals surface area contributed by atoms with Gasteiger partial charge >= 0.3 is 5.97 Å². The number of benzene rings is 1. The number of hydrogen-bond donors (Lipinski definition) is 1. The van der Waals surface area contributed by atoms with Crippen molar-refractivity contribution in [2.45, 2.75) is 57.3 Å². The number of allylic oxidation sites excluding steroid dienone is 2. The van der Waals surface area contributed by atoms with Crippen molar-refractivity contribution < 1.29 is 24.2 Å². The monoisotopic (exact) mass is 563 g/mol. The highest BCUT2D eigenvalue weighted by atomic mass is 35.5. The van der Waals surface area contributed by atoms with Crippen LogP contribution in [0, 0.1) is 23.7 Å². The van der Waals surface area contributed by atoms with Gasteiger partial charge in [0.2, 0.25) is 5.91 Å². The van der Waals surface area contributed by atoms with Crippen molar-refractivity contribution in [2.24, 2.45) is 23.7 Å². The molecule has 0 bridgehead atoms. The maximum Gasteiger partial charge on any atom is 0.306 e. The summed E-state index contributed by atoms with van der Waals surface area (Å²) in [6, 6.07) is 5.64. The minimum atomic E-state index is -0.775. The van der Waals surface area contributed by atoms with Crippen LogP contribution in [0.3, 0.4) is 0 Å². The fourth-order valence-corrected chi connectivity index (χ4v) is 7.52. The molecule has 0 radical (unpaired) electrons. The number of hydrogen-bond acceptors (Lipinski definition) is 5. The summed E-state index contributed by atoms with van der Waals surface area (Å²) in [5.74, 6) is -0.246. The van der Waals surface area contributed by atoms with Gasteiger partial charge in [0.1, 0.15) is 0 Å². The number of aromatic nitrogens is 2. The van der Waals surface area contributed by atoms with E-state index in [9.17, 15) is 19.5 Å². The number of carbonyl (C=O) groups excluding carboxylic acids is 2. The molecule has 2 unspecified atom stereocenters. The van der Waals surface area contributed by atoms with Crippen molar-refractivity contribution in [3.63, 3.8) is 0 Å². The van der Waals surface area contributed by atoms with E-state index in [-0.39, 0.29) is 23.7 Å². The fourth-order valence-electron chi connectivity index (χ4n) is 7.25. The second kappa shape index (κ2) is 10.1. The molecule has 3 fully saturated rings. The van der Waals surface area contributed by atoms with Crippen molar-refractivity contribution in [2.75, 3.05) is 26.3 Å². The number of ether oxygens (including phenoxy) is 1. The van der Waals surface area contributed by atoms with E-state index in [4.69, 9.17) is 21.4 Å². The second-order valence-electron chi connectivity index (χ2n) is 12.2. The van der Waals surface area contributed by atoms with Gasteiger partial charge in [-0.2, -0.15) is 9.78 Å². The van der Waals surface area contributed by atoms with Gasteiger partial charge in [0.25, 0.3) is 5.91 Å². The molecule has 1 aromatic carbocycles. The molecular formula is C31H34ClN3O5. The van der Waals surface area contributed by atoms with E-state index in [2.05, 4.69) is 0 Å². The number of aliphatic carboxylic acids is 1. The van der Waals surface area contributed by atoms with Crippen LogP contribution in [0.1, 0.15) is 77.3 Å². The third kappa shape index (κ3) is 4.49. The summed E-state index contributed by atoms with van der Waals surface area (Å²) in [7, 11) is 0. The molecule has 5 aliphatic rings. The third-order valence-electron chi connectivity index (χ3n) is 9.71. The average molecular weight is 564 g/mol. The van der Waals surface area contributed by atoms with Crippen LogP contribution in [0.4, 0.5) is 0 Å². The van der Waals surface area contributed by atoms with Gasteiger partial charge in [-0.25, -0.2) is 0 Å². The molecule has 210 valence electrons. The van der Waals surface area contributed by atoms with Crippen LogP contribution in [0.25, 0.3) is 5.57 Å². The molecule has 8 nitrogen and oxygen atoms in total. The highest BCUT2D eigenvalue weighted by Crippen LogP contribution is 2.44. The van der Waals surface area contributed by atoms with Crippen LogP contribution in [0.5, 0.6) is 0 Å². The first-order valence-electron chi connectivity index (χ1n) is 14.6. The number of carboxylic acid groups (broad SMARTS) is 1. The Morgan fingerprint density at radius 3 is 2.42 bits per heavy atom. The molecule has 40 heavy (non-hydrogen) atoms. The lowest BCUT2D eigenvalue weighted by atomic mass is 9.82. The zero-order valence-corrected chi connectivity index (χ0v) is 23.2. The summed E-state index contributed by atoms with van der Waals surface area (Å²) >= 11 is 6.64. The van der Waals surface area contributed by atoms with Gasteiger partial charge in [-0.3, -0.25) is 14.4 Å². The Hall–Kier alpha value is -2.97. The highest BCUT2D eigenvalue weighted by Gasteiger charge is 2.42. The Kier molecular flexibility index (Phi) is 6.58. The van der Waals surface area contributed by atoms with Gasteiger partial charge in [-0.05, 0) is 68.1 Å². The molecule has 2 aromatic rings. The van der Waals surface area contributed by atoms with Crippen molar-refractivity contribution in [3.8, 4) is 0 Å². The van der Waals surface area contributed by atoms with Crippen LogP contribution in [-0.2, 0) is 27.2 Å². The molecule has 3 heterocycles. The number of halogens is 1. The number of amides is 1. The topological polar surface area (TPSA) is 102 Å². The zero-order valence-electron chi connectivity index (χ0n) is 22.5. The van der Waals surface area contributed by atoms with Gasteiger partial charge in [0.15, 0.2) is 0 Å². The maximum absolute atomic E-state index is 14.2. The molecule has 1 N–H and O–H groups in total. The molecule has 3 aliphatic carbocycles. The number of carboxylic acids is 1. The first-order valence-corrected chi connectivity index (χ1v) is 15.0. The SMILES string of the molecule is O=C(O)C1CC=C(c2nn(C(=O)c3c(Cl)cccc3C3CC3)c3c2CCC(C(=O)N2C[C@H]4COC[C@H]4C2)C3)CC1. The van der Waals surface area contributed by atoms with Crippen LogP contribution in [-0.4, -0.2) is 63.9 Å². The van der Waals surface area contributed by atoms with E-state index in [1.807, 2.05) is 23.1 Å². The molecule has 1 amide bonds. The molecule has 1 saturated carbocycles. The van der Waals surface area contributed by atoms with Gasteiger partial charge in [-0.15, -0.1) is 0 Å². The van der Waals surface area contributed by atoms with E-state index in [1.54, 1.807) is 6.07 Å². The fraction of sp³-hybridized carbons (Fsp3) is 0.548. The third-order valence-corrected chi connectivity index (χ3v) is 10.0. The number of likely N-dealkylation sites (tertiary alicyclic amines) is 1. The van der Waals surface area contributed by atoms with Crippen LogP contribution in [0.2, 0.25) is 5.02 Å². The summed E-state index contributed by atoms with van der Waals surface area (Å²) in [5.41, 5.74) is 5.08. The molecule has 1 aromatic heterocycles. The minimum absolute atomic E-state index is 0.166. The smallest absolute Gasteiger partial charge is 0.306 e. The summed E-state index contributed by atoms with van der Waals surface area (Å²) in [6.45, 7) is 2.95. The molecule has 2 aliphatic heterocycles. The summed E-state index contributed by atoms with van der Waals surface area (Å²) in [5, 5.41) is 14.8. The van der Waals surface area contributed by atoms with Gasteiger partial charge in [-0.1, -0.05) is 29.8 Å². The molecular weight excluding hydrogens is 530 g/mol. The largest absolute Gasteiger partial charge is 0.481 e. The van der Waals surface area contributed by atoms with Gasteiger partial charge in [0, 0.05) is 42.8 Å². The van der Waals surface area contributed by atoms with Crippen molar-refractivity contribution in [1.82, 2.24) is 14.7 Å². The van der Waals surface area contributed by atoms with E-state index in [0.29, 0.717) is 66.9 Å². The second-order valence-corrected chi connectivity index (χ2v) is 12.7. The lowest BCUT2D eigenvalue weighted by Crippen LogP contribution is -2.38. The molecule has 4 atom stereocenters. The Morgan fingerprint density at radius 2 is 1.75 bits per heavy atom. The Morgan fingerprint density at radius 1 is 1.00 bits per heavy atom. The number of carbonyl (C=O) groups is 3.